The topological polar surface area (TPSA) is 46.5 Å². The third-order valence-corrected chi connectivity index (χ3v) is 2.28. The summed E-state index contributed by atoms with van der Waals surface area (Å²) in [6.07, 6.45) is 0.925. The standard InChI is InChI=1S/C12H16O3/c1-9(8-12(13)14)7-10-5-3-4-6-11(10)15-2/h3-6,9H,7-8H2,1-2H3,(H,13,14)/t9-/m0/s1. The zero-order chi connectivity index (χ0) is 11.3. The molecule has 0 spiro atoms. The summed E-state index contributed by atoms with van der Waals surface area (Å²) in [6, 6.07) is 7.70. The molecule has 0 aromatic heterocycles. The summed E-state index contributed by atoms with van der Waals surface area (Å²) in [5, 5.41) is 8.66. The number of benzene rings is 1. The number of carboxylic acid groups (broad SMARTS) is 1. The summed E-state index contributed by atoms with van der Waals surface area (Å²) in [4.78, 5) is 10.5. The van der Waals surface area contributed by atoms with Gasteiger partial charge in [0.25, 0.3) is 0 Å². The first-order chi connectivity index (χ1) is 7.13. The van der Waals surface area contributed by atoms with Gasteiger partial charge in [-0.2, -0.15) is 0 Å². The first kappa shape index (κ1) is 11.6. The quantitative estimate of drug-likeness (QED) is 0.807. The van der Waals surface area contributed by atoms with Gasteiger partial charge in [-0.1, -0.05) is 25.1 Å². The molecule has 0 aliphatic rings. The molecule has 0 amide bonds. The van der Waals surface area contributed by atoms with Gasteiger partial charge in [0, 0.05) is 6.42 Å². The second kappa shape index (κ2) is 5.39. The maximum atomic E-state index is 10.5. The lowest BCUT2D eigenvalue weighted by molar-refractivity contribution is -0.137. The lowest BCUT2D eigenvalue weighted by Gasteiger charge is -2.11. The van der Waals surface area contributed by atoms with Gasteiger partial charge in [0.1, 0.15) is 5.75 Å². The van der Waals surface area contributed by atoms with Crippen LogP contribution in [0.25, 0.3) is 0 Å². The van der Waals surface area contributed by atoms with Crippen molar-refractivity contribution in [2.24, 2.45) is 5.92 Å². The fourth-order valence-electron chi connectivity index (χ4n) is 1.62. The Hall–Kier alpha value is -1.51. The molecule has 1 atom stereocenters. The van der Waals surface area contributed by atoms with E-state index in [4.69, 9.17) is 9.84 Å². The second-order valence-corrected chi connectivity index (χ2v) is 3.72. The van der Waals surface area contributed by atoms with E-state index in [0.717, 1.165) is 17.7 Å². The molecule has 0 aliphatic carbocycles. The molecule has 0 aliphatic heterocycles. The van der Waals surface area contributed by atoms with E-state index in [-0.39, 0.29) is 12.3 Å². The van der Waals surface area contributed by atoms with Gasteiger partial charge < -0.3 is 9.84 Å². The van der Waals surface area contributed by atoms with Crippen LogP contribution in [0.3, 0.4) is 0 Å². The van der Waals surface area contributed by atoms with Crippen molar-refractivity contribution in [2.75, 3.05) is 7.11 Å². The Bertz CT molecular complexity index is 333. The molecule has 3 nitrogen and oxygen atoms in total. The number of carboxylic acids is 1. The van der Waals surface area contributed by atoms with E-state index in [1.165, 1.54) is 0 Å². The van der Waals surface area contributed by atoms with Crippen LogP contribution in [0.2, 0.25) is 0 Å². The van der Waals surface area contributed by atoms with E-state index >= 15 is 0 Å². The Morgan fingerprint density at radius 1 is 1.47 bits per heavy atom. The number of hydrogen-bond acceptors (Lipinski definition) is 2. The average Bonchev–Trinajstić information content (AvgIpc) is 2.17. The van der Waals surface area contributed by atoms with Gasteiger partial charge in [0.2, 0.25) is 0 Å². The molecular formula is C12H16O3. The van der Waals surface area contributed by atoms with Gasteiger partial charge in [0.05, 0.1) is 7.11 Å². The molecule has 0 fully saturated rings. The highest BCUT2D eigenvalue weighted by atomic mass is 16.5. The molecule has 3 heteroatoms. The van der Waals surface area contributed by atoms with E-state index in [2.05, 4.69) is 0 Å². The smallest absolute Gasteiger partial charge is 0.303 e. The number of ether oxygens (including phenoxy) is 1. The van der Waals surface area contributed by atoms with Crippen molar-refractivity contribution in [1.29, 1.82) is 0 Å². The zero-order valence-corrected chi connectivity index (χ0v) is 9.06. The number of rotatable bonds is 5. The van der Waals surface area contributed by atoms with Gasteiger partial charge in [-0.25, -0.2) is 0 Å². The number of carbonyl (C=O) groups is 1. The summed E-state index contributed by atoms with van der Waals surface area (Å²) in [6.45, 7) is 1.93. The molecule has 0 radical (unpaired) electrons. The number of aliphatic carboxylic acids is 1. The van der Waals surface area contributed by atoms with Crippen molar-refractivity contribution >= 4 is 5.97 Å². The lowest BCUT2D eigenvalue weighted by Crippen LogP contribution is -2.07. The van der Waals surface area contributed by atoms with Crippen molar-refractivity contribution in [2.45, 2.75) is 19.8 Å². The van der Waals surface area contributed by atoms with Crippen molar-refractivity contribution in [3.05, 3.63) is 29.8 Å². The zero-order valence-electron chi connectivity index (χ0n) is 9.06. The summed E-state index contributed by atoms with van der Waals surface area (Å²) < 4.78 is 5.20. The Labute approximate surface area is 89.7 Å². The highest BCUT2D eigenvalue weighted by Gasteiger charge is 2.10. The Morgan fingerprint density at radius 2 is 2.13 bits per heavy atom. The van der Waals surface area contributed by atoms with E-state index in [0.29, 0.717) is 0 Å². The van der Waals surface area contributed by atoms with Crippen LogP contribution in [0.1, 0.15) is 18.9 Å². The van der Waals surface area contributed by atoms with E-state index < -0.39 is 5.97 Å². The van der Waals surface area contributed by atoms with Crippen LogP contribution < -0.4 is 4.74 Å². The molecule has 15 heavy (non-hydrogen) atoms. The van der Waals surface area contributed by atoms with Crippen molar-refractivity contribution < 1.29 is 14.6 Å². The third kappa shape index (κ3) is 3.62. The van der Waals surface area contributed by atoms with Crippen LogP contribution in [0, 0.1) is 5.92 Å². The summed E-state index contributed by atoms with van der Waals surface area (Å²) >= 11 is 0. The molecule has 1 aromatic carbocycles. The summed E-state index contributed by atoms with van der Waals surface area (Å²) in [7, 11) is 1.63. The minimum absolute atomic E-state index is 0.124. The monoisotopic (exact) mass is 208 g/mol. The summed E-state index contributed by atoms with van der Waals surface area (Å²) in [5.41, 5.74) is 1.06. The first-order valence-corrected chi connectivity index (χ1v) is 4.97. The van der Waals surface area contributed by atoms with Crippen LogP contribution in [-0.4, -0.2) is 18.2 Å². The first-order valence-electron chi connectivity index (χ1n) is 4.97. The van der Waals surface area contributed by atoms with Gasteiger partial charge >= 0.3 is 5.97 Å². The van der Waals surface area contributed by atoms with E-state index in [9.17, 15) is 4.79 Å². The molecule has 1 N–H and O–H groups in total. The molecule has 1 rings (SSSR count). The predicted octanol–water partition coefficient (Wildman–Crippen LogP) is 2.35. The summed E-state index contributed by atoms with van der Waals surface area (Å²) in [5.74, 6) is 0.200. The fraction of sp³-hybridized carbons (Fsp3) is 0.417. The van der Waals surface area contributed by atoms with Gasteiger partial charge in [0.15, 0.2) is 0 Å². The second-order valence-electron chi connectivity index (χ2n) is 3.72. The maximum Gasteiger partial charge on any atom is 0.303 e. The molecule has 82 valence electrons. The molecule has 0 saturated heterocycles. The predicted molar refractivity (Wildman–Crippen MR) is 58.1 cm³/mol. The van der Waals surface area contributed by atoms with E-state index in [1.54, 1.807) is 7.11 Å². The molecule has 0 saturated carbocycles. The normalized spacial score (nSPS) is 12.1. The Morgan fingerprint density at radius 3 is 2.73 bits per heavy atom. The average molecular weight is 208 g/mol. The minimum Gasteiger partial charge on any atom is -0.496 e. The number of para-hydroxylation sites is 1. The molecular weight excluding hydrogens is 192 g/mol. The molecule has 0 unspecified atom stereocenters. The van der Waals surface area contributed by atoms with Crippen LogP contribution in [-0.2, 0) is 11.2 Å². The SMILES string of the molecule is COc1ccccc1C[C@H](C)CC(=O)O. The minimum atomic E-state index is -0.752. The number of hydrogen-bond donors (Lipinski definition) is 1. The van der Waals surface area contributed by atoms with Gasteiger partial charge in [-0.05, 0) is 24.0 Å². The lowest BCUT2D eigenvalue weighted by atomic mass is 9.97. The Kier molecular flexibility index (Phi) is 4.16. The highest BCUT2D eigenvalue weighted by Crippen LogP contribution is 2.21. The molecule has 0 heterocycles. The van der Waals surface area contributed by atoms with Crippen LogP contribution >= 0.6 is 0 Å². The van der Waals surface area contributed by atoms with E-state index in [1.807, 2.05) is 31.2 Å². The van der Waals surface area contributed by atoms with Crippen LogP contribution in [0.15, 0.2) is 24.3 Å². The maximum absolute atomic E-state index is 10.5. The largest absolute Gasteiger partial charge is 0.496 e. The van der Waals surface area contributed by atoms with Gasteiger partial charge in [-0.15, -0.1) is 0 Å². The molecule has 1 aromatic rings. The van der Waals surface area contributed by atoms with Crippen molar-refractivity contribution in [3.8, 4) is 5.75 Å². The van der Waals surface area contributed by atoms with Crippen LogP contribution in [0.5, 0.6) is 5.75 Å². The van der Waals surface area contributed by atoms with Crippen LogP contribution in [0.4, 0.5) is 0 Å². The Balaban J connectivity index is 2.67. The van der Waals surface area contributed by atoms with Crippen molar-refractivity contribution in [1.82, 2.24) is 0 Å². The highest BCUT2D eigenvalue weighted by molar-refractivity contribution is 5.67. The van der Waals surface area contributed by atoms with Gasteiger partial charge in [-0.3, -0.25) is 4.79 Å². The molecule has 0 bridgehead atoms. The number of methoxy groups -OCH3 is 1. The fourth-order valence-corrected chi connectivity index (χ4v) is 1.62. The van der Waals surface area contributed by atoms with Crippen molar-refractivity contribution in [3.63, 3.8) is 0 Å². The third-order valence-electron chi connectivity index (χ3n) is 2.28.